The Balaban J connectivity index is 2.13. The van der Waals surface area contributed by atoms with Gasteiger partial charge in [0.25, 0.3) is 0 Å². The molecule has 88 valence electrons. The second kappa shape index (κ2) is 5.41. The van der Waals surface area contributed by atoms with Crippen molar-refractivity contribution < 1.29 is 9.84 Å². The van der Waals surface area contributed by atoms with E-state index in [2.05, 4.69) is 9.97 Å². The van der Waals surface area contributed by atoms with Gasteiger partial charge in [-0.3, -0.25) is 0 Å². The number of aliphatic hydroxyl groups excluding tert-OH is 1. The standard InChI is InChI=1S/C13H14N2O2/c1-17-12-4-2-3-10(5-12)6-13-14-7-11(9-16)8-15-13/h2-5,7-8,16H,6,9H2,1H3. The molecule has 0 fully saturated rings. The van der Waals surface area contributed by atoms with Crippen molar-refractivity contribution in [3.05, 3.63) is 53.6 Å². The van der Waals surface area contributed by atoms with Crippen molar-refractivity contribution in [2.45, 2.75) is 13.0 Å². The lowest BCUT2D eigenvalue weighted by Crippen LogP contribution is -1.98. The number of methoxy groups -OCH3 is 1. The van der Waals surface area contributed by atoms with Gasteiger partial charge < -0.3 is 9.84 Å². The molecule has 0 atom stereocenters. The first kappa shape index (κ1) is 11.5. The van der Waals surface area contributed by atoms with Gasteiger partial charge in [-0.25, -0.2) is 9.97 Å². The maximum absolute atomic E-state index is 8.89. The molecule has 0 aliphatic carbocycles. The molecular formula is C13H14N2O2. The van der Waals surface area contributed by atoms with E-state index in [9.17, 15) is 0 Å². The molecule has 1 aromatic heterocycles. The molecule has 0 saturated heterocycles. The van der Waals surface area contributed by atoms with E-state index < -0.39 is 0 Å². The van der Waals surface area contributed by atoms with E-state index in [0.29, 0.717) is 6.42 Å². The lowest BCUT2D eigenvalue weighted by atomic mass is 10.1. The van der Waals surface area contributed by atoms with E-state index in [1.54, 1.807) is 19.5 Å². The summed E-state index contributed by atoms with van der Waals surface area (Å²) in [4.78, 5) is 8.38. The van der Waals surface area contributed by atoms with Crippen LogP contribution in [0.15, 0.2) is 36.7 Å². The van der Waals surface area contributed by atoms with Gasteiger partial charge in [0.2, 0.25) is 0 Å². The SMILES string of the molecule is COc1cccc(Cc2ncc(CO)cn2)c1. The Morgan fingerprint density at radius 3 is 2.59 bits per heavy atom. The second-order valence-corrected chi connectivity index (χ2v) is 3.69. The average molecular weight is 230 g/mol. The van der Waals surface area contributed by atoms with Crippen LogP contribution in [0, 0.1) is 0 Å². The molecule has 1 N–H and O–H groups in total. The lowest BCUT2D eigenvalue weighted by molar-refractivity contribution is 0.280. The van der Waals surface area contributed by atoms with Gasteiger partial charge in [-0.15, -0.1) is 0 Å². The molecule has 0 bridgehead atoms. The Morgan fingerprint density at radius 1 is 1.18 bits per heavy atom. The fraction of sp³-hybridized carbons (Fsp3) is 0.231. The molecule has 1 aromatic carbocycles. The topological polar surface area (TPSA) is 55.2 Å². The average Bonchev–Trinajstić information content (AvgIpc) is 2.40. The summed E-state index contributed by atoms with van der Waals surface area (Å²) in [5.41, 5.74) is 1.82. The van der Waals surface area contributed by atoms with Crippen LogP contribution in [0.25, 0.3) is 0 Å². The van der Waals surface area contributed by atoms with E-state index in [1.165, 1.54) is 0 Å². The zero-order chi connectivity index (χ0) is 12.1. The van der Waals surface area contributed by atoms with Gasteiger partial charge in [0.15, 0.2) is 0 Å². The van der Waals surface area contributed by atoms with Gasteiger partial charge in [0, 0.05) is 24.4 Å². The minimum atomic E-state index is -0.0283. The summed E-state index contributed by atoms with van der Waals surface area (Å²) in [5, 5.41) is 8.89. The van der Waals surface area contributed by atoms with E-state index >= 15 is 0 Å². The van der Waals surface area contributed by atoms with Crippen LogP contribution in [0.5, 0.6) is 5.75 Å². The first-order chi connectivity index (χ1) is 8.31. The summed E-state index contributed by atoms with van der Waals surface area (Å²) in [6.45, 7) is -0.0283. The van der Waals surface area contributed by atoms with Crippen LogP contribution < -0.4 is 4.74 Å². The fourth-order valence-electron chi connectivity index (χ4n) is 1.52. The van der Waals surface area contributed by atoms with E-state index in [-0.39, 0.29) is 6.61 Å². The molecule has 0 aliphatic heterocycles. The van der Waals surface area contributed by atoms with Crippen LogP contribution in [-0.4, -0.2) is 22.2 Å². The zero-order valence-electron chi connectivity index (χ0n) is 9.63. The summed E-state index contributed by atoms with van der Waals surface area (Å²) in [6, 6.07) is 7.81. The van der Waals surface area contributed by atoms with Crippen molar-refractivity contribution in [2.24, 2.45) is 0 Å². The van der Waals surface area contributed by atoms with Crippen LogP contribution in [0.4, 0.5) is 0 Å². The molecule has 0 unspecified atom stereocenters. The summed E-state index contributed by atoms with van der Waals surface area (Å²) in [7, 11) is 1.64. The number of benzene rings is 1. The van der Waals surface area contributed by atoms with E-state index in [1.807, 2.05) is 24.3 Å². The molecule has 0 amide bonds. The molecule has 0 aliphatic rings. The highest BCUT2D eigenvalue weighted by Gasteiger charge is 2.01. The Kier molecular flexibility index (Phi) is 3.67. The Bertz CT molecular complexity index is 483. The Morgan fingerprint density at radius 2 is 1.94 bits per heavy atom. The minimum Gasteiger partial charge on any atom is -0.497 e. The van der Waals surface area contributed by atoms with Crippen molar-refractivity contribution >= 4 is 0 Å². The Labute approximate surface area is 99.9 Å². The fourth-order valence-corrected chi connectivity index (χ4v) is 1.52. The lowest BCUT2D eigenvalue weighted by Gasteiger charge is -2.04. The number of hydrogen-bond acceptors (Lipinski definition) is 4. The third kappa shape index (κ3) is 3.01. The van der Waals surface area contributed by atoms with Gasteiger partial charge in [0.05, 0.1) is 13.7 Å². The molecule has 4 nitrogen and oxygen atoms in total. The molecular weight excluding hydrogens is 216 g/mol. The molecule has 2 aromatic rings. The van der Waals surface area contributed by atoms with Gasteiger partial charge in [-0.05, 0) is 17.7 Å². The van der Waals surface area contributed by atoms with Gasteiger partial charge in [0.1, 0.15) is 11.6 Å². The monoisotopic (exact) mass is 230 g/mol. The van der Waals surface area contributed by atoms with Crippen molar-refractivity contribution in [2.75, 3.05) is 7.11 Å². The largest absolute Gasteiger partial charge is 0.497 e. The predicted octanol–water partition coefficient (Wildman–Crippen LogP) is 1.57. The summed E-state index contributed by atoms with van der Waals surface area (Å²) in [6.07, 6.45) is 3.94. The normalized spacial score (nSPS) is 10.2. The quantitative estimate of drug-likeness (QED) is 0.866. The number of rotatable bonds is 4. The third-order valence-corrected chi connectivity index (χ3v) is 2.44. The van der Waals surface area contributed by atoms with Crippen LogP contribution >= 0.6 is 0 Å². The smallest absolute Gasteiger partial charge is 0.132 e. The number of hydrogen-bond donors (Lipinski definition) is 1. The van der Waals surface area contributed by atoms with Crippen molar-refractivity contribution in [3.63, 3.8) is 0 Å². The number of ether oxygens (including phenoxy) is 1. The maximum Gasteiger partial charge on any atom is 0.132 e. The van der Waals surface area contributed by atoms with Crippen LogP contribution in [0.2, 0.25) is 0 Å². The van der Waals surface area contributed by atoms with Gasteiger partial charge >= 0.3 is 0 Å². The molecule has 0 spiro atoms. The summed E-state index contributed by atoms with van der Waals surface area (Å²) in [5.74, 6) is 1.56. The molecule has 0 radical (unpaired) electrons. The van der Waals surface area contributed by atoms with E-state index in [0.717, 1.165) is 22.7 Å². The second-order valence-electron chi connectivity index (χ2n) is 3.69. The summed E-state index contributed by atoms with van der Waals surface area (Å²) >= 11 is 0. The van der Waals surface area contributed by atoms with Crippen molar-refractivity contribution in [3.8, 4) is 5.75 Å². The van der Waals surface area contributed by atoms with Crippen LogP contribution in [-0.2, 0) is 13.0 Å². The first-order valence-corrected chi connectivity index (χ1v) is 5.35. The minimum absolute atomic E-state index is 0.0283. The molecule has 17 heavy (non-hydrogen) atoms. The van der Waals surface area contributed by atoms with Gasteiger partial charge in [-0.2, -0.15) is 0 Å². The molecule has 1 heterocycles. The van der Waals surface area contributed by atoms with Gasteiger partial charge in [-0.1, -0.05) is 12.1 Å². The number of nitrogens with zero attached hydrogens (tertiary/aromatic N) is 2. The van der Waals surface area contributed by atoms with Crippen molar-refractivity contribution in [1.29, 1.82) is 0 Å². The molecule has 4 heteroatoms. The molecule has 0 saturated carbocycles. The van der Waals surface area contributed by atoms with E-state index in [4.69, 9.17) is 9.84 Å². The maximum atomic E-state index is 8.89. The van der Waals surface area contributed by atoms with Crippen LogP contribution in [0.3, 0.4) is 0 Å². The highest BCUT2D eigenvalue weighted by atomic mass is 16.5. The van der Waals surface area contributed by atoms with Crippen molar-refractivity contribution in [1.82, 2.24) is 9.97 Å². The Hall–Kier alpha value is -1.94. The highest BCUT2D eigenvalue weighted by molar-refractivity contribution is 5.30. The highest BCUT2D eigenvalue weighted by Crippen LogP contribution is 2.14. The zero-order valence-corrected chi connectivity index (χ0v) is 9.63. The first-order valence-electron chi connectivity index (χ1n) is 5.35. The third-order valence-electron chi connectivity index (χ3n) is 2.44. The molecule has 2 rings (SSSR count). The predicted molar refractivity (Wildman–Crippen MR) is 63.8 cm³/mol. The summed E-state index contributed by atoms with van der Waals surface area (Å²) < 4.78 is 5.16. The number of aliphatic hydroxyl groups is 1. The number of aromatic nitrogens is 2. The van der Waals surface area contributed by atoms with Crippen LogP contribution in [0.1, 0.15) is 17.0 Å².